The minimum atomic E-state index is 0.252. The zero-order valence-corrected chi connectivity index (χ0v) is 14.6. The molecule has 128 valence electrons. The molecule has 0 saturated heterocycles. The van der Waals surface area contributed by atoms with E-state index in [0.717, 1.165) is 56.1 Å². The fourth-order valence-electron chi connectivity index (χ4n) is 3.31. The number of ether oxygens (including phenoxy) is 3. The summed E-state index contributed by atoms with van der Waals surface area (Å²) in [5.74, 6) is 3.84. The minimum Gasteiger partial charge on any atom is -0.496 e. The lowest BCUT2D eigenvalue weighted by Gasteiger charge is -2.03. The molecule has 0 aliphatic carbocycles. The molecule has 0 amide bonds. The Balaban J connectivity index is 2.06. The number of fused-ring (bicyclic) bond motifs is 2. The summed E-state index contributed by atoms with van der Waals surface area (Å²) in [6.45, 7) is 4.11. The van der Waals surface area contributed by atoms with E-state index in [1.165, 1.54) is 0 Å². The molecule has 0 atom stereocenters. The Hall–Kier alpha value is -2.95. The largest absolute Gasteiger partial charge is 0.496 e. The molecule has 2 aromatic carbocycles. The maximum atomic E-state index is 5.80. The topological polar surface area (TPSA) is 52.1 Å². The van der Waals surface area contributed by atoms with Crippen LogP contribution in [0.2, 0.25) is 0 Å². The van der Waals surface area contributed by atoms with Crippen molar-refractivity contribution in [3.05, 3.63) is 51.7 Å². The molecule has 0 radical (unpaired) electrons. The molecule has 5 nitrogen and oxygen atoms in total. The van der Waals surface area contributed by atoms with Crippen molar-refractivity contribution in [3.63, 3.8) is 0 Å². The van der Waals surface area contributed by atoms with Gasteiger partial charge in [-0.05, 0) is 43.2 Å². The normalized spacial score (nSPS) is 13.5. The number of aryl methyl sites for hydroxylation is 2. The van der Waals surface area contributed by atoms with Crippen molar-refractivity contribution >= 4 is 10.8 Å². The highest BCUT2D eigenvalue weighted by Gasteiger charge is 2.20. The highest BCUT2D eigenvalue weighted by molar-refractivity contribution is 5.93. The standard InChI is InChI=1S/C20H19O5/c1-11-19-17(21-3)8-14(9-18(22-4)20(19)12(2)25-11)13-5-6-15-16(7-13)24-10-23-15/h5-9H,10H2,1-4H3/q+1. The van der Waals surface area contributed by atoms with Crippen LogP contribution in [0.15, 0.2) is 39.2 Å². The van der Waals surface area contributed by atoms with Crippen LogP contribution in [0, 0.1) is 13.8 Å². The first-order valence-electron chi connectivity index (χ1n) is 8.01. The van der Waals surface area contributed by atoms with E-state index in [2.05, 4.69) is 0 Å². The van der Waals surface area contributed by atoms with Gasteiger partial charge in [0.25, 0.3) is 7.11 Å². The Morgan fingerprint density at radius 1 is 0.920 bits per heavy atom. The van der Waals surface area contributed by atoms with Crippen LogP contribution in [0.1, 0.15) is 11.5 Å². The molecule has 0 N–H and O–H groups in total. The van der Waals surface area contributed by atoms with Crippen LogP contribution in [0.3, 0.4) is 0 Å². The van der Waals surface area contributed by atoms with E-state index in [1.807, 2.05) is 44.2 Å². The Morgan fingerprint density at radius 2 is 1.68 bits per heavy atom. The average Bonchev–Trinajstić information content (AvgIpc) is 3.13. The molecule has 1 aromatic heterocycles. The van der Waals surface area contributed by atoms with Gasteiger partial charge in [-0.1, -0.05) is 6.07 Å². The van der Waals surface area contributed by atoms with Crippen LogP contribution < -0.4 is 19.6 Å². The third-order valence-corrected chi connectivity index (χ3v) is 4.47. The third kappa shape index (κ3) is 2.43. The van der Waals surface area contributed by atoms with Crippen molar-refractivity contribution in [2.75, 3.05) is 21.0 Å². The molecule has 4 rings (SSSR count). The Kier molecular flexibility index (Phi) is 3.64. The van der Waals surface area contributed by atoms with Crippen molar-refractivity contribution < 1.29 is 18.6 Å². The lowest BCUT2D eigenvalue weighted by molar-refractivity contribution is 0.174. The van der Waals surface area contributed by atoms with Gasteiger partial charge in [0.2, 0.25) is 6.79 Å². The second-order valence-corrected chi connectivity index (χ2v) is 5.91. The molecule has 2 heterocycles. The zero-order chi connectivity index (χ0) is 17.6. The summed E-state index contributed by atoms with van der Waals surface area (Å²) < 4.78 is 28.0. The van der Waals surface area contributed by atoms with Gasteiger partial charge in [0.05, 0.1) is 18.6 Å². The number of rotatable bonds is 2. The van der Waals surface area contributed by atoms with Gasteiger partial charge in [0, 0.05) is 0 Å². The van der Waals surface area contributed by atoms with Gasteiger partial charge < -0.3 is 18.6 Å². The molecular weight excluding hydrogens is 320 g/mol. The predicted octanol–water partition coefficient (Wildman–Crippen LogP) is 3.98. The van der Waals surface area contributed by atoms with E-state index < -0.39 is 0 Å². The van der Waals surface area contributed by atoms with Gasteiger partial charge >= 0.3 is 5.43 Å². The van der Waals surface area contributed by atoms with Gasteiger partial charge in [-0.2, -0.15) is 0 Å². The molecule has 1 aliphatic heterocycles. The van der Waals surface area contributed by atoms with E-state index >= 15 is 0 Å². The molecule has 25 heavy (non-hydrogen) atoms. The quantitative estimate of drug-likeness (QED) is 0.663. The van der Waals surface area contributed by atoms with E-state index in [1.54, 1.807) is 14.2 Å². The molecule has 1 aliphatic rings. The summed E-state index contributed by atoms with van der Waals surface area (Å²) >= 11 is 0. The summed E-state index contributed by atoms with van der Waals surface area (Å²) in [6, 6.07) is 9.85. The SMILES string of the molecule is COc1cc(-c2ccc3c(c2)OCO3)cc(=[O+]C)c2c(C)oc(C)c12. The fourth-order valence-corrected chi connectivity index (χ4v) is 3.31. The average molecular weight is 339 g/mol. The molecule has 3 aromatic rings. The lowest BCUT2D eigenvalue weighted by atomic mass is 10.1. The van der Waals surface area contributed by atoms with Gasteiger partial charge in [0.1, 0.15) is 22.7 Å². The summed E-state index contributed by atoms with van der Waals surface area (Å²) in [6.07, 6.45) is 0. The van der Waals surface area contributed by atoms with Crippen LogP contribution in [0.25, 0.3) is 21.9 Å². The maximum Gasteiger partial charge on any atom is 0.355 e. The summed E-state index contributed by atoms with van der Waals surface area (Å²) in [5.41, 5.74) is 2.69. The van der Waals surface area contributed by atoms with E-state index in [9.17, 15) is 0 Å². The number of furan rings is 1. The number of benzene rings is 1. The van der Waals surface area contributed by atoms with Crippen LogP contribution in [-0.4, -0.2) is 21.0 Å². The smallest absolute Gasteiger partial charge is 0.355 e. The highest BCUT2D eigenvalue weighted by atomic mass is 16.7. The number of methoxy groups -OCH3 is 1. The van der Waals surface area contributed by atoms with E-state index in [0.29, 0.717) is 0 Å². The first-order chi connectivity index (χ1) is 12.1. The summed E-state index contributed by atoms with van der Waals surface area (Å²) in [4.78, 5) is 0. The van der Waals surface area contributed by atoms with Crippen molar-refractivity contribution in [2.24, 2.45) is 0 Å². The van der Waals surface area contributed by atoms with Crippen molar-refractivity contribution in [3.8, 4) is 28.4 Å². The number of hydrogen-bond donors (Lipinski definition) is 0. The summed E-state index contributed by atoms with van der Waals surface area (Å²) in [7, 11) is 3.32. The molecular formula is C20H19O5+. The van der Waals surface area contributed by atoms with Crippen LogP contribution in [0.4, 0.5) is 0 Å². The second-order valence-electron chi connectivity index (χ2n) is 5.91. The molecule has 0 spiro atoms. The maximum absolute atomic E-state index is 5.80. The van der Waals surface area contributed by atoms with Crippen molar-refractivity contribution in [2.45, 2.75) is 13.8 Å². The number of hydrogen-bond acceptors (Lipinski definition) is 4. The fraction of sp³-hybridized carbons (Fsp3) is 0.250. The van der Waals surface area contributed by atoms with E-state index in [-0.39, 0.29) is 6.79 Å². The van der Waals surface area contributed by atoms with Gasteiger partial charge in [-0.3, -0.25) is 4.42 Å². The van der Waals surface area contributed by atoms with Crippen molar-refractivity contribution in [1.29, 1.82) is 0 Å². The molecule has 0 saturated carbocycles. The Labute approximate surface area is 145 Å². The van der Waals surface area contributed by atoms with E-state index in [4.69, 9.17) is 23.1 Å². The first kappa shape index (κ1) is 15.6. The summed E-state index contributed by atoms with van der Waals surface area (Å²) in [5, 5.41) is 1.84. The highest BCUT2D eigenvalue weighted by Crippen LogP contribution is 2.38. The van der Waals surface area contributed by atoms with Crippen LogP contribution in [0.5, 0.6) is 17.2 Å². The van der Waals surface area contributed by atoms with Crippen molar-refractivity contribution in [1.82, 2.24) is 0 Å². The predicted molar refractivity (Wildman–Crippen MR) is 96.0 cm³/mol. The first-order valence-corrected chi connectivity index (χ1v) is 8.01. The molecule has 0 fully saturated rings. The molecule has 0 unspecified atom stereocenters. The third-order valence-electron chi connectivity index (χ3n) is 4.47. The van der Waals surface area contributed by atoms with Crippen LogP contribution in [-0.2, 0) is 0 Å². The zero-order valence-electron chi connectivity index (χ0n) is 14.6. The molecule has 5 heteroatoms. The second kappa shape index (κ2) is 5.84. The Bertz CT molecular complexity index is 1050. The lowest BCUT2D eigenvalue weighted by Crippen LogP contribution is -1.99. The van der Waals surface area contributed by atoms with Gasteiger partial charge in [-0.15, -0.1) is 0 Å². The monoisotopic (exact) mass is 339 g/mol. The Morgan fingerprint density at radius 3 is 2.44 bits per heavy atom. The van der Waals surface area contributed by atoms with Gasteiger partial charge in [0.15, 0.2) is 11.5 Å². The van der Waals surface area contributed by atoms with Crippen LogP contribution >= 0.6 is 0 Å². The molecule has 0 bridgehead atoms. The minimum absolute atomic E-state index is 0.252. The van der Waals surface area contributed by atoms with Gasteiger partial charge in [-0.25, -0.2) is 0 Å².